The van der Waals surface area contributed by atoms with E-state index in [0.717, 1.165) is 122 Å². The minimum atomic E-state index is -1.16. The zero-order chi connectivity index (χ0) is 107. The molecule has 0 bridgehead atoms. The van der Waals surface area contributed by atoms with Crippen LogP contribution in [-0.2, 0) is 101 Å². The summed E-state index contributed by atoms with van der Waals surface area (Å²) in [6.45, 7) is 19.8. The summed E-state index contributed by atoms with van der Waals surface area (Å²) in [5.74, 6) is -10.5. The predicted octanol–water partition coefficient (Wildman–Crippen LogP) is 7.69. The third-order valence-electron chi connectivity index (χ3n) is 26.6. The van der Waals surface area contributed by atoms with Crippen LogP contribution in [0.5, 0.6) is 0 Å². The molecule has 11 rings (SSSR count). The number of hydrogen-bond donors (Lipinski definition) is 14. The van der Waals surface area contributed by atoms with Crippen LogP contribution in [0.15, 0.2) is 91.0 Å². The molecule has 146 heavy (non-hydrogen) atoms. The number of benzene rings is 3. The van der Waals surface area contributed by atoms with Crippen LogP contribution >= 0.6 is 0 Å². The number of carbonyl (C=O) groups is 21. The molecule has 8 aliphatic carbocycles. The third kappa shape index (κ3) is 41.2. The van der Waals surface area contributed by atoms with Crippen molar-refractivity contribution in [3.05, 3.63) is 108 Å². The molecular weight excluding hydrogens is 1880 g/mol. The highest BCUT2D eigenvalue weighted by molar-refractivity contribution is 6.40. The van der Waals surface area contributed by atoms with Crippen molar-refractivity contribution in [2.24, 2.45) is 70.5 Å². The van der Waals surface area contributed by atoms with Crippen molar-refractivity contribution in [1.82, 2.24) is 79.3 Å². The summed E-state index contributed by atoms with van der Waals surface area (Å²) in [4.78, 5) is 274. The first kappa shape index (κ1) is 117. The number of alkyl carbamates (subject to hydrolysis) is 3. The average Bonchev–Trinajstić information content (AvgIpc) is 1.70. The summed E-state index contributed by atoms with van der Waals surface area (Å²) in [5.41, 5.74) is 1.03. The van der Waals surface area contributed by atoms with Gasteiger partial charge in [0.25, 0.3) is 17.7 Å². The van der Waals surface area contributed by atoms with Gasteiger partial charge in [-0.2, -0.15) is 0 Å². The Bertz CT molecular complexity index is 5040. The SMILES string of the molecule is CC(=O)[C@@H](NC(=O)CNC(=O)C(=O)C(CC1CC1)NC(=O)[C@H](CC1CC1)N(C)C(=O)[C@@H](NC(=O)OCC(C)C)C1CCCCC1)c1ccccc1.CC(=O)[C@@H](NC(=O)CNC(=O)C(=O)C(CC1CC1)NC(=O)[C@H](CC1CC1)NC(=O)[C@@H](NC(=O)OCC(C)C)C(C)(C)C)c1ccccc1.CC(=O)[C@@H](NC(=O)CNC(=O)C(=O)C(CC1CC1)NC(=O)[C@H](CC1CC1)NC(=O)[C@@H](NC(=O)OCC(C)C)C1CC1)c1ccccc1. The summed E-state index contributed by atoms with van der Waals surface area (Å²) < 4.78 is 15.8. The fraction of sp³-hybridized carbons (Fsp3) is 0.636. The first-order valence-corrected chi connectivity index (χ1v) is 51.9. The number of rotatable bonds is 56. The zero-order valence-corrected chi connectivity index (χ0v) is 86.6. The minimum Gasteiger partial charge on any atom is -0.449 e. The lowest BCUT2D eigenvalue weighted by Gasteiger charge is -2.36. The molecule has 0 heterocycles. The molecule has 8 aliphatic rings. The van der Waals surface area contributed by atoms with E-state index >= 15 is 0 Å². The summed E-state index contributed by atoms with van der Waals surface area (Å²) in [5, 5.41) is 36.5. The first-order valence-electron chi connectivity index (χ1n) is 51.9. The second-order valence-electron chi connectivity index (χ2n) is 43.0. The molecule has 12 atom stereocenters. The van der Waals surface area contributed by atoms with Crippen molar-refractivity contribution in [3.63, 3.8) is 0 Å². The second kappa shape index (κ2) is 56.7. The van der Waals surface area contributed by atoms with Crippen molar-refractivity contribution in [2.45, 2.75) is 316 Å². The van der Waals surface area contributed by atoms with Crippen LogP contribution in [0, 0.1) is 70.5 Å². The quantitative estimate of drug-likeness (QED) is 0.0190. The summed E-state index contributed by atoms with van der Waals surface area (Å²) in [7, 11) is 1.55. The maximum atomic E-state index is 14.1. The molecule has 3 unspecified atom stereocenters. The Hall–Kier alpha value is -12.9. The first-order chi connectivity index (χ1) is 69.3. The number of likely N-dealkylation sites (N-methyl/N-ethyl adjacent to an activating group) is 1. The van der Waals surface area contributed by atoms with Crippen LogP contribution in [0.2, 0.25) is 0 Å². The number of Topliss-reactive ketones (excluding diaryl/α,β-unsaturated/α-hetero) is 6. The average molecular weight is 2030 g/mol. The number of nitrogens with zero attached hydrogens (tertiary/aromatic N) is 1. The van der Waals surface area contributed by atoms with Crippen LogP contribution in [0.25, 0.3) is 0 Å². The Morgan fingerprint density at radius 2 is 0.596 bits per heavy atom. The summed E-state index contributed by atoms with van der Waals surface area (Å²) in [6, 6.07) is 14.2. The van der Waals surface area contributed by atoms with Crippen LogP contribution in [0.4, 0.5) is 14.4 Å². The van der Waals surface area contributed by atoms with E-state index in [1.807, 2.05) is 41.5 Å². The Morgan fingerprint density at radius 1 is 0.315 bits per heavy atom. The molecule has 39 heteroatoms. The van der Waals surface area contributed by atoms with Gasteiger partial charge < -0.3 is 93.5 Å². The Morgan fingerprint density at radius 3 is 0.897 bits per heavy atom. The zero-order valence-electron chi connectivity index (χ0n) is 86.6. The van der Waals surface area contributed by atoms with E-state index in [9.17, 15) is 101 Å². The highest BCUT2D eigenvalue weighted by atomic mass is 16.6. The normalized spacial score (nSPS) is 17.8. The van der Waals surface area contributed by atoms with Gasteiger partial charge in [-0.25, -0.2) is 14.4 Å². The summed E-state index contributed by atoms with van der Waals surface area (Å²) >= 11 is 0. The molecular formula is C107H153N15O24. The second-order valence-corrected chi connectivity index (χ2v) is 43.0. The molecule has 0 spiro atoms. The van der Waals surface area contributed by atoms with Gasteiger partial charge in [0.05, 0.1) is 57.6 Å². The van der Waals surface area contributed by atoms with Crippen molar-refractivity contribution in [1.29, 1.82) is 0 Å². The maximum Gasteiger partial charge on any atom is 0.407 e. The number of carbonyl (C=O) groups excluding carboxylic acids is 21. The third-order valence-corrected chi connectivity index (χ3v) is 26.6. The molecule has 0 radical (unpaired) electrons. The van der Waals surface area contributed by atoms with Gasteiger partial charge >= 0.3 is 18.3 Å². The van der Waals surface area contributed by atoms with Gasteiger partial charge in [0.15, 0.2) is 17.3 Å². The van der Waals surface area contributed by atoms with Gasteiger partial charge in [-0.05, 0) is 172 Å². The van der Waals surface area contributed by atoms with Crippen molar-refractivity contribution < 1.29 is 115 Å². The Balaban J connectivity index is 0.000000244. The van der Waals surface area contributed by atoms with E-state index in [1.54, 1.807) is 119 Å². The number of ether oxygens (including phenoxy) is 3. The lowest BCUT2D eigenvalue weighted by Crippen LogP contribution is -2.59. The molecule has 3 aromatic rings. The van der Waals surface area contributed by atoms with Gasteiger partial charge in [-0.3, -0.25) is 86.3 Å². The van der Waals surface area contributed by atoms with Gasteiger partial charge in [0.2, 0.25) is 70.5 Å². The Labute approximate surface area is 854 Å². The molecule has 0 saturated heterocycles. The molecule has 14 N–H and O–H groups in total. The van der Waals surface area contributed by atoms with Crippen LogP contribution in [0.3, 0.4) is 0 Å². The van der Waals surface area contributed by atoms with Crippen molar-refractivity contribution >= 4 is 124 Å². The molecule has 800 valence electrons. The fourth-order valence-corrected chi connectivity index (χ4v) is 17.0. The lowest BCUT2D eigenvalue weighted by molar-refractivity contribution is -0.144. The largest absolute Gasteiger partial charge is 0.449 e. The van der Waals surface area contributed by atoms with E-state index in [1.165, 1.54) is 25.7 Å². The predicted molar refractivity (Wildman–Crippen MR) is 536 cm³/mol. The topological polar surface area (TPSA) is 558 Å². The lowest BCUT2D eigenvalue weighted by atomic mass is 9.83. The standard InChI is InChI=1S/C38H55N5O8.C35H51N5O8.C34H47N5O8/c1-23(2)22-51-38(50)42-33(28-13-9-6-10-14-28)37(49)43(4)30(20-26-17-18-26)35(47)40-29(19-25-15-16-25)34(46)36(48)39-21-31(45)41-32(24(3)44)27-11-7-5-8-12-27;1-20(2)19-48-34(47)40-30(35(4,5)6)33(46)38-26(17-23-14-15-23)31(44)37-25(16-22-12-13-22)29(43)32(45)36-18-27(42)39-28(21(3)41)24-10-8-7-9-11-24;1-19(2)18-47-34(46)39-29(24-13-14-24)32(44)37-26(16-22-11-12-22)31(43)36-25(15-21-9-10-21)30(42)33(45)35-17-27(41)38-28(20(3)40)23-7-5-4-6-8-23/h5,7-8,11-12,23,25-26,28-30,32-33H,6,9-10,13-22H2,1-4H3,(H,39,48)(H,40,47)(H,41,45)(H,42,50);7-11,20,22-23,25-26,28,30H,12-19H2,1-6H3,(H,36,45)(H,37,44)(H,38,46)(H,39,42)(H,40,47);4-8,19,21-22,24-26,28-29H,9-18H2,1-3H3,(H,35,45)(H,36,43)(H,37,44)(H,38,41)(H,39,46)/t29?,30-,32+,33-;25?,26-,28+,30+;25?,26-,28+,29-/m000/s1. The minimum absolute atomic E-state index is 0.0604. The number of ketones is 6. The van der Waals surface area contributed by atoms with E-state index in [2.05, 4.69) is 74.4 Å². The number of hydrogen-bond acceptors (Lipinski definition) is 24. The number of nitrogens with one attached hydrogen (secondary N) is 14. The molecule has 8 saturated carbocycles. The van der Waals surface area contributed by atoms with E-state index in [4.69, 9.17) is 14.2 Å². The highest BCUT2D eigenvalue weighted by Crippen LogP contribution is 2.41. The number of amides is 15. The fourth-order valence-electron chi connectivity index (χ4n) is 17.0. The van der Waals surface area contributed by atoms with Crippen LogP contribution in [-0.4, -0.2) is 230 Å². The molecule has 0 aliphatic heterocycles. The van der Waals surface area contributed by atoms with Gasteiger partial charge in [-0.1, -0.05) is 250 Å². The van der Waals surface area contributed by atoms with Crippen molar-refractivity contribution in [3.8, 4) is 0 Å². The van der Waals surface area contributed by atoms with Gasteiger partial charge in [0, 0.05) is 7.05 Å². The molecule has 15 amide bonds. The van der Waals surface area contributed by atoms with E-state index in [-0.39, 0.29) is 122 Å². The van der Waals surface area contributed by atoms with Gasteiger partial charge in [-0.15, -0.1) is 0 Å². The summed E-state index contributed by atoms with van der Waals surface area (Å²) in [6.07, 6.45) is 16.3. The van der Waals surface area contributed by atoms with Crippen LogP contribution < -0.4 is 74.4 Å². The molecule has 39 nitrogen and oxygen atoms in total. The van der Waals surface area contributed by atoms with E-state index in [0.29, 0.717) is 36.0 Å². The van der Waals surface area contributed by atoms with Crippen molar-refractivity contribution in [2.75, 3.05) is 46.5 Å². The Kier molecular flexibility index (Phi) is 45.3. The molecule has 0 aromatic heterocycles. The van der Waals surface area contributed by atoms with E-state index < -0.39 is 204 Å². The maximum absolute atomic E-state index is 14.1. The highest BCUT2D eigenvalue weighted by Gasteiger charge is 2.47. The van der Waals surface area contributed by atoms with Gasteiger partial charge in [0.1, 0.15) is 54.4 Å². The van der Waals surface area contributed by atoms with Crippen LogP contribution in [0.1, 0.15) is 278 Å². The molecule has 8 fully saturated rings. The monoisotopic (exact) mass is 2030 g/mol. The smallest absolute Gasteiger partial charge is 0.407 e. The molecule has 3 aromatic carbocycles.